The van der Waals surface area contributed by atoms with Gasteiger partial charge in [-0.1, -0.05) is 19.3 Å². The zero-order chi connectivity index (χ0) is 14.3. The Morgan fingerprint density at radius 2 is 2.00 bits per heavy atom. The number of carbonyl (C=O) groups is 2. The van der Waals surface area contributed by atoms with Crippen LogP contribution in [0.3, 0.4) is 0 Å². The first-order valence-electron chi connectivity index (χ1n) is 6.82. The Balaban J connectivity index is 2.58. The van der Waals surface area contributed by atoms with Crippen LogP contribution in [0.5, 0.6) is 0 Å². The van der Waals surface area contributed by atoms with Crippen molar-refractivity contribution in [3.8, 4) is 6.07 Å². The Bertz CT molecular complexity index is 356. The molecule has 1 saturated carbocycles. The summed E-state index contributed by atoms with van der Waals surface area (Å²) < 4.78 is 4.91. The van der Waals surface area contributed by atoms with Crippen LogP contribution in [-0.4, -0.2) is 31.4 Å². The van der Waals surface area contributed by atoms with Crippen LogP contribution in [0, 0.1) is 23.2 Å². The second-order valence-corrected chi connectivity index (χ2v) is 5.16. The van der Waals surface area contributed by atoms with E-state index >= 15 is 0 Å². The average molecular weight is 266 g/mol. The molecule has 0 saturated heterocycles. The van der Waals surface area contributed by atoms with Gasteiger partial charge in [0, 0.05) is 19.1 Å². The van der Waals surface area contributed by atoms with E-state index in [0.717, 1.165) is 32.1 Å². The van der Waals surface area contributed by atoms with E-state index in [1.165, 1.54) is 7.11 Å². The SMILES string of the molecule is COC[C@@H](C)NC(=O)[C@H](C#N)C(=O)C1CCCCC1. The van der Waals surface area contributed by atoms with E-state index in [9.17, 15) is 9.59 Å². The van der Waals surface area contributed by atoms with Crippen molar-refractivity contribution in [3.63, 3.8) is 0 Å². The van der Waals surface area contributed by atoms with Crippen LogP contribution in [0.25, 0.3) is 0 Å². The standard InChI is InChI=1S/C14H22N2O3/c1-10(9-19-2)16-14(18)12(8-15)13(17)11-6-4-3-5-7-11/h10-12H,3-7,9H2,1-2H3,(H,16,18)/t10-,12-/m1/s1. The van der Waals surface area contributed by atoms with Crippen molar-refractivity contribution in [3.05, 3.63) is 0 Å². The third-order valence-corrected chi connectivity index (χ3v) is 3.49. The third kappa shape index (κ3) is 4.64. The van der Waals surface area contributed by atoms with Gasteiger partial charge < -0.3 is 10.1 Å². The summed E-state index contributed by atoms with van der Waals surface area (Å²) in [6.07, 6.45) is 4.76. The van der Waals surface area contributed by atoms with Gasteiger partial charge in [-0.15, -0.1) is 0 Å². The van der Waals surface area contributed by atoms with Gasteiger partial charge in [0.15, 0.2) is 11.7 Å². The lowest BCUT2D eigenvalue weighted by Gasteiger charge is -2.22. The van der Waals surface area contributed by atoms with Crippen molar-refractivity contribution < 1.29 is 14.3 Å². The molecule has 1 amide bonds. The molecule has 0 radical (unpaired) electrons. The number of carbonyl (C=O) groups excluding carboxylic acids is 2. The van der Waals surface area contributed by atoms with Gasteiger partial charge in [0.1, 0.15) is 0 Å². The zero-order valence-electron chi connectivity index (χ0n) is 11.6. The zero-order valence-corrected chi connectivity index (χ0v) is 11.6. The maximum atomic E-state index is 12.2. The van der Waals surface area contributed by atoms with Crippen molar-refractivity contribution >= 4 is 11.7 Å². The number of Topliss-reactive ketones (excluding diaryl/α,β-unsaturated/α-hetero) is 1. The molecule has 0 spiro atoms. The predicted octanol–water partition coefficient (Wildman–Crippen LogP) is 1.43. The Kier molecular flexibility index (Phi) is 6.51. The first kappa shape index (κ1) is 15.6. The molecule has 106 valence electrons. The molecule has 1 fully saturated rings. The number of amides is 1. The van der Waals surface area contributed by atoms with E-state index in [2.05, 4.69) is 5.32 Å². The first-order valence-corrected chi connectivity index (χ1v) is 6.82. The number of hydrogen-bond acceptors (Lipinski definition) is 4. The predicted molar refractivity (Wildman–Crippen MR) is 70.2 cm³/mol. The number of nitriles is 1. The maximum absolute atomic E-state index is 12.2. The summed E-state index contributed by atoms with van der Waals surface area (Å²) >= 11 is 0. The summed E-state index contributed by atoms with van der Waals surface area (Å²) in [5.74, 6) is -2.02. The number of nitrogens with zero attached hydrogens (tertiary/aromatic N) is 1. The topological polar surface area (TPSA) is 79.2 Å². The van der Waals surface area contributed by atoms with Crippen molar-refractivity contribution in [2.45, 2.75) is 45.1 Å². The van der Waals surface area contributed by atoms with Gasteiger partial charge in [-0.25, -0.2) is 0 Å². The quantitative estimate of drug-likeness (QED) is 0.737. The van der Waals surface area contributed by atoms with Crippen molar-refractivity contribution in [1.82, 2.24) is 5.32 Å². The van der Waals surface area contributed by atoms with Crippen molar-refractivity contribution in [2.75, 3.05) is 13.7 Å². The molecule has 5 nitrogen and oxygen atoms in total. The fourth-order valence-corrected chi connectivity index (χ4v) is 2.49. The molecule has 1 aliphatic carbocycles. The molecule has 0 aromatic rings. The summed E-state index contributed by atoms with van der Waals surface area (Å²) in [5, 5.41) is 11.7. The van der Waals surface area contributed by atoms with Gasteiger partial charge in [0.25, 0.3) is 0 Å². The van der Waals surface area contributed by atoms with Crippen LogP contribution in [0.2, 0.25) is 0 Å². The van der Waals surface area contributed by atoms with E-state index in [1.807, 2.05) is 6.07 Å². The van der Waals surface area contributed by atoms with Gasteiger partial charge in [-0.2, -0.15) is 5.26 Å². The van der Waals surface area contributed by atoms with Crippen LogP contribution in [0.4, 0.5) is 0 Å². The Hall–Kier alpha value is -1.41. The summed E-state index contributed by atoms with van der Waals surface area (Å²) in [6, 6.07) is 1.64. The lowest BCUT2D eigenvalue weighted by atomic mass is 9.81. The summed E-state index contributed by atoms with van der Waals surface area (Å²) in [6.45, 7) is 2.14. The first-order chi connectivity index (χ1) is 9.10. The molecule has 19 heavy (non-hydrogen) atoms. The Morgan fingerprint density at radius 3 is 2.53 bits per heavy atom. The second-order valence-electron chi connectivity index (χ2n) is 5.16. The van der Waals surface area contributed by atoms with Crippen LogP contribution < -0.4 is 5.32 Å². The van der Waals surface area contributed by atoms with Gasteiger partial charge >= 0.3 is 0 Å². The Labute approximate surface area is 114 Å². The van der Waals surface area contributed by atoms with Crippen LogP contribution in [-0.2, 0) is 14.3 Å². The second kappa shape index (κ2) is 7.90. The summed E-state index contributed by atoms with van der Waals surface area (Å²) in [4.78, 5) is 24.1. The summed E-state index contributed by atoms with van der Waals surface area (Å²) in [5.41, 5.74) is 0. The smallest absolute Gasteiger partial charge is 0.245 e. The monoisotopic (exact) mass is 266 g/mol. The van der Waals surface area contributed by atoms with Crippen LogP contribution >= 0.6 is 0 Å². The van der Waals surface area contributed by atoms with Gasteiger partial charge in [0.05, 0.1) is 12.7 Å². The fraction of sp³-hybridized carbons (Fsp3) is 0.786. The molecule has 0 unspecified atom stereocenters. The van der Waals surface area contributed by atoms with E-state index in [4.69, 9.17) is 10.00 Å². The Morgan fingerprint density at radius 1 is 1.37 bits per heavy atom. The normalized spacial score (nSPS) is 19.2. The number of ketones is 1. The van der Waals surface area contributed by atoms with E-state index < -0.39 is 11.8 Å². The van der Waals surface area contributed by atoms with Gasteiger partial charge in [-0.3, -0.25) is 9.59 Å². The molecule has 1 N–H and O–H groups in total. The van der Waals surface area contributed by atoms with Crippen LogP contribution in [0.1, 0.15) is 39.0 Å². The average Bonchev–Trinajstić information content (AvgIpc) is 2.40. The minimum Gasteiger partial charge on any atom is -0.383 e. The van der Waals surface area contributed by atoms with Gasteiger partial charge in [-0.05, 0) is 19.8 Å². The molecule has 1 aliphatic rings. The minimum absolute atomic E-state index is 0.123. The van der Waals surface area contributed by atoms with E-state index in [-0.39, 0.29) is 17.7 Å². The molecule has 0 aliphatic heterocycles. The number of ether oxygens (including phenoxy) is 1. The molecular weight excluding hydrogens is 244 g/mol. The fourth-order valence-electron chi connectivity index (χ4n) is 2.49. The minimum atomic E-state index is -1.18. The number of hydrogen-bond donors (Lipinski definition) is 1. The molecular formula is C14H22N2O3. The lowest BCUT2D eigenvalue weighted by Crippen LogP contribution is -2.43. The molecule has 0 heterocycles. The highest BCUT2D eigenvalue weighted by Crippen LogP contribution is 2.26. The molecule has 0 bridgehead atoms. The highest BCUT2D eigenvalue weighted by atomic mass is 16.5. The number of rotatable bonds is 6. The molecule has 0 aromatic heterocycles. The molecule has 2 atom stereocenters. The van der Waals surface area contributed by atoms with E-state index in [0.29, 0.717) is 6.61 Å². The highest BCUT2D eigenvalue weighted by molar-refractivity contribution is 6.05. The number of nitrogens with one attached hydrogen (secondary N) is 1. The number of methoxy groups -OCH3 is 1. The van der Waals surface area contributed by atoms with Crippen molar-refractivity contribution in [1.29, 1.82) is 5.26 Å². The molecule has 1 rings (SSSR count). The maximum Gasteiger partial charge on any atom is 0.245 e. The highest BCUT2D eigenvalue weighted by Gasteiger charge is 2.33. The van der Waals surface area contributed by atoms with E-state index in [1.54, 1.807) is 6.92 Å². The summed E-state index contributed by atoms with van der Waals surface area (Å²) in [7, 11) is 1.54. The third-order valence-electron chi connectivity index (χ3n) is 3.49. The lowest BCUT2D eigenvalue weighted by molar-refractivity contribution is -0.135. The van der Waals surface area contributed by atoms with Crippen molar-refractivity contribution in [2.24, 2.45) is 11.8 Å². The largest absolute Gasteiger partial charge is 0.383 e. The molecule has 0 aromatic carbocycles. The molecule has 5 heteroatoms. The van der Waals surface area contributed by atoms with Crippen LogP contribution in [0.15, 0.2) is 0 Å². The van der Waals surface area contributed by atoms with Gasteiger partial charge in [0.2, 0.25) is 5.91 Å².